The Morgan fingerprint density at radius 3 is 2.81 bits per heavy atom. The SMILES string of the molecule is FC(F)(F)CC(Br)CCCOc1ccc2cccnc2c1. The fourth-order valence-electron chi connectivity index (χ4n) is 1.98. The highest BCUT2D eigenvalue weighted by atomic mass is 79.9. The highest BCUT2D eigenvalue weighted by molar-refractivity contribution is 9.09. The highest BCUT2D eigenvalue weighted by Crippen LogP contribution is 2.27. The van der Waals surface area contributed by atoms with Gasteiger partial charge in [-0.25, -0.2) is 0 Å². The van der Waals surface area contributed by atoms with Gasteiger partial charge in [-0.15, -0.1) is 0 Å². The number of aromatic nitrogens is 1. The molecule has 0 amide bonds. The number of pyridine rings is 1. The lowest BCUT2D eigenvalue weighted by molar-refractivity contribution is -0.134. The fourth-order valence-corrected chi connectivity index (χ4v) is 2.67. The van der Waals surface area contributed by atoms with Crippen molar-refractivity contribution < 1.29 is 17.9 Å². The normalized spacial score (nSPS) is 13.3. The summed E-state index contributed by atoms with van der Waals surface area (Å²) < 4.78 is 42.0. The Balaban J connectivity index is 1.77. The summed E-state index contributed by atoms with van der Waals surface area (Å²) in [6.45, 7) is 0.387. The van der Waals surface area contributed by atoms with E-state index in [0.29, 0.717) is 25.2 Å². The minimum Gasteiger partial charge on any atom is -0.494 e. The first kappa shape index (κ1) is 16.1. The van der Waals surface area contributed by atoms with Crippen LogP contribution in [0, 0.1) is 0 Å². The second kappa shape index (κ2) is 7.11. The zero-order valence-corrected chi connectivity index (χ0v) is 12.8. The van der Waals surface area contributed by atoms with Crippen molar-refractivity contribution in [3.05, 3.63) is 36.5 Å². The standard InChI is InChI=1S/C15H15BrF3NO/c16-12(10-15(17,18)19)4-2-8-21-13-6-5-11-3-1-7-20-14(11)9-13/h1,3,5-7,9,12H,2,4,8,10H2. The molecule has 2 rings (SSSR count). The molecular weight excluding hydrogens is 347 g/mol. The van der Waals surface area contributed by atoms with Crippen LogP contribution >= 0.6 is 15.9 Å². The zero-order valence-electron chi connectivity index (χ0n) is 11.2. The molecule has 0 spiro atoms. The quantitative estimate of drug-likeness (QED) is 0.526. The molecule has 1 heterocycles. The van der Waals surface area contributed by atoms with Crippen LogP contribution < -0.4 is 4.74 Å². The van der Waals surface area contributed by atoms with E-state index in [4.69, 9.17) is 4.74 Å². The zero-order chi connectivity index (χ0) is 15.3. The van der Waals surface area contributed by atoms with Crippen LogP contribution in [-0.2, 0) is 0 Å². The lowest BCUT2D eigenvalue weighted by atomic mass is 10.2. The summed E-state index contributed by atoms with van der Waals surface area (Å²) >= 11 is 3.05. The first-order chi connectivity index (χ1) is 9.94. The molecule has 0 saturated carbocycles. The van der Waals surface area contributed by atoms with E-state index in [2.05, 4.69) is 20.9 Å². The molecular formula is C15H15BrF3NO. The summed E-state index contributed by atoms with van der Waals surface area (Å²) in [5, 5.41) is 1.02. The molecule has 2 nitrogen and oxygen atoms in total. The molecule has 21 heavy (non-hydrogen) atoms. The maximum Gasteiger partial charge on any atom is 0.390 e. The van der Waals surface area contributed by atoms with Gasteiger partial charge in [-0.1, -0.05) is 22.0 Å². The van der Waals surface area contributed by atoms with E-state index in [1.165, 1.54) is 0 Å². The van der Waals surface area contributed by atoms with Gasteiger partial charge in [0.2, 0.25) is 0 Å². The number of ether oxygens (including phenoxy) is 1. The second-order valence-electron chi connectivity index (χ2n) is 4.77. The molecule has 0 saturated heterocycles. The van der Waals surface area contributed by atoms with Crippen molar-refractivity contribution in [2.75, 3.05) is 6.61 Å². The van der Waals surface area contributed by atoms with Crippen molar-refractivity contribution in [2.24, 2.45) is 0 Å². The lowest BCUT2D eigenvalue weighted by Crippen LogP contribution is -2.15. The fraction of sp³-hybridized carbons (Fsp3) is 0.400. The van der Waals surface area contributed by atoms with Gasteiger partial charge in [0, 0.05) is 22.5 Å². The first-order valence-corrected chi connectivity index (χ1v) is 7.54. The third-order valence-electron chi connectivity index (χ3n) is 2.96. The number of benzene rings is 1. The van der Waals surface area contributed by atoms with Gasteiger partial charge in [0.1, 0.15) is 5.75 Å². The highest BCUT2D eigenvalue weighted by Gasteiger charge is 2.30. The van der Waals surface area contributed by atoms with E-state index in [1.807, 2.05) is 30.3 Å². The lowest BCUT2D eigenvalue weighted by Gasteiger charge is -2.12. The Morgan fingerprint density at radius 1 is 1.24 bits per heavy atom. The smallest absolute Gasteiger partial charge is 0.390 e. The van der Waals surface area contributed by atoms with Crippen LogP contribution in [0.15, 0.2) is 36.5 Å². The predicted molar refractivity (Wildman–Crippen MR) is 79.9 cm³/mol. The Kier molecular flexibility index (Phi) is 5.45. The summed E-state index contributed by atoms with van der Waals surface area (Å²) in [5.74, 6) is 0.683. The van der Waals surface area contributed by atoms with E-state index in [-0.39, 0.29) is 0 Å². The van der Waals surface area contributed by atoms with E-state index < -0.39 is 17.4 Å². The van der Waals surface area contributed by atoms with Gasteiger partial charge in [-0.05, 0) is 31.0 Å². The summed E-state index contributed by atoms with van der Waals surface area (Å²) in [6, 6.07) is 9.40. The molecule has 1 aromatic carbocycles. The number of fused-ring (bicyclic) bond motifs is 1. The largest absolute Gasteiger partial charge is 0.494 e. The average molecular weight is 362 g/mol. The van der Waals surface area contributed by atoms with Gasteiger partial charge in [0.15, 0.2) is 0 Å². The summed E-state index contributed by atoms with van der Waals surface area (Å²) in [7, 11) is 0. The van der Waals surface area contributed by atoms with Crippen molar-refractivity contribution >= 4 is 26.8 Å². The third-order valence-corrected chi connectivity index (χ3v) is 3.74. The van der Waals surface area contributed by atoms with Gasteiger partial charge < -0.3 is 4.74 Å². The Morgan fingerprint density at radius 2 is 2.05 bits per heavy atom. The average Bonchev–Trinajstić information content (AvgIpc) is 2.41. The molecule has 1 aromatic heterocycles. The van der Waals surface area contributed by atoms with Crippen molar-refractivity contribution in [2.45, 2.75) is 30.3 Å². The van der Waals surface area contributed by atoms with Gasteiger partial charge >= 0.3 is 6.18 Å². The van der Waals surface area contributed by atoms with Crippen LogP contribution in [0.1, 0.15) is 19.3 Å². The van der Waals surface area contributed by atoms with Crippen molar-refractivity contribution in [1.29, 1.82) is 0 Å². The maximum atomic E-state index is 12.2. The van der Waals surface area contributed by atoms with Crippen LogP contribution in [-0.4, -0.2) is 22.6 Å². The number of hydrogen-bond acceptors (Lipinski definition) is 2. The van der Waals surface area contributed by atoms with E-state index in [1.54, 1.807) is 6.20 Å². The number of halogens is 4. The van der Waals surface area contributed by atoms with Crippen LogP contribution in [0.4, 0.5) is 13.2 Å². The Bertz CT molecular complexity index is 588. The maximum absolute atomic E-state index is 12.2. The van der Waals surface area contributed by atoms with E-state index in [9.17, 15) is 13.2 Å². The van der Waals surface area contributed by atoms with Crippen LogP contribution in [0.3, 0.4) is 0 Å². The number of hydrogen-bond donors (Lipinski definition) is 0. The number of alkyl halides is 4. The molecule has 0 aliphatic carbocycles. The van der Waals surface area contributed by atoms with Gasteiger partial charge in [-0.2, -0.15) is 13.2 Å². The summed E-state index contributed by atoms with van der Waals surface area (Å²) in [5.41, 5.74) is 0.838. The minimum absolute atomic E-state index is 0.387. The Labute approximate surface area is 129 Å². The van der Waals surface area contributed by atoms with Gasteiger partial charge in [0.05, 0.1) is 18.5 Å². The minimum atomic E-state index is -4.13. The number of rotatable bonds is 6. The summed E-state index contributed by atoms with van der Waals surface area (Å²) in [6.07, 6.45) is -2.25. The van der Waals surface area contributed by atoms with Crippen LogP contribution in [0.5, 0.6) is 5.75 Å². The van der Waals surface area contributed by atoms with E-state index >= 15 is 0 Å². The summed E-state index contributed by atoms with van der Waals surface area (Å²) in [4.78, 5) is 3.67. The Hall–Kier alpha value is -1.30. The van der Waals surface area contributed by atoms with Gasteiger partial charge in [-0.3, -0.25) is 4.98 Å². The number of nitrogens with zero attached hydrogens (tertiary/aromatic N) is 1. The van der Waals surface area contributed by atoms with Crippen molar-refractivity contribution in [1.82, 2.24) is 4.98 Å². The molecule has 6 heteroatoms. The molecule has 0 aliphatic rings. The molecule has 0 radical (unpaired) electrons. The molecule has 2 aromatic rings. The second-order valence-corrected chi connectivity index (χ2v) is 6.06. The molecule has 1 atom stereocenters. The molecule has 0 bridgehead atoms. The molecule has 114 valence electrons. The van der Waals surface area contributed by atoms with Crippen LogP contribution in [0.25, 0.3) is 10.9 Å². The third kappa shape index (κ3) is 5.53. The van der Waals surface area contributed by atoms with Crippen LogP contribution in [0.2, 0.25) is 0 Å². The van der Waals surface area contributed by atoms with Gasteiger partial charge in [0.25, 0.3) is 0 Å². The monoisotopic (exact) mass is 361 g/mol. The van der Waals surface area contributed by atoms with E-state index in [0.717, 1.165) is 10.9 Å². The topological polar surface area (TPSA) is 22.1 Å². The first-order valence-electron chi connectivity index (χ1n) is 6.62. The predicted octanol–water partition coefficient (Wildman–Crippen LogP) is 5.11. The molecule has 0 fully saturated rings. The molecule has 0 aliphatic heterocycles. The molecule has 1 unspecified atom stereocenters. The molecule has 0 N–H and O–H groups in total. The van der Waals surface area contributed by atoms with Crippen molar-refractivity contribution in [3.63, 3.8) is 0 Å². The van der Waals surface area contributed by atoms with Crippen molar-refractivity contribution in [3.8, 4) is 5.75 Å².